The molecule has 0 saturated heterocycles. The second-order valence-corrected chi connectivity index (χ2v) is 3.73. The average molecular weight is 241 g/mol. The molecule has 0 bridgehead atoms. The van der Waals surface area contributed by atoms with Gasteiger partial charge in [-0.3, -0.25) is 9.69 Å². The number of carbonyl (C=O) groups excluding carboxylic acids is 1. The number of hydrogen-bond donors (Lipinski definition) is 0. The molecule has 0 atom stereocenters. The molecule has 16 heavy (non-hydrogen) atoms. The summed E-state index contributed by atoms with van der Waals surface area (Å²) in [6.07, 6.45) is -4.25. The van der Waals surface area contributed by atoms with Crippen LogP contribution < -0.4 is 0 Å². The maximum absolute atomic E-state index is 12.2. The van der Waals surface area contributed by atoms with Crippen molar-refractivity contribution in [2.45, 2.75) is 39.4 Å². The van der Waals surface area contributed by atoms with Crippen LogP contribution in [-0.4, -0.2) is 42.8 Å². The SMILES string of the molecule is CCOC(=O)CCN(CC(F)(F)F)C(C)C. The topological polar surface area (TPSA) is 29.5 Å². The van der Waals surface area contributed by atoms with Crippen LogP contribution in [0.25, 0.3) is 0 Å². The molecule has 6 heteroatoms. The van der Waals surface area contributed by atoms with Crippen molar-refractivity contribution in [1.29, 1.82) is 0 Å². The Morgan fingerprint density at radius 3 is 2.31 bits per heavy atom. The van der Waals surface area contributed by atoms with E-state index in [1.54, 1.807) is 20.8 Å². The number of alkyl halides is 3. The van der Waals surface area contributed by atoms with Gasteiger partial charge in [0.2, 0.25) is 0 Å². The molecule has 0 N–H and O–H groups in total. The highest BCUT2D eigenvalue weighted by molar-refractivity contribution is 5.69. The van der Waals surface area contributed by atoms with Gasteiger partial charge in [0.25, 0.3) is 0 Å². The number of nitrogens with zero attached hydrogens (tertiary/aromatic N) is 1. The zero-order chi connectivity index (χ0) is 12.8. The summed E-state index contributed by atoms with van der Waals surface area (Å²) in [5, 5.41) is 0. The molecular weight excluding hydrogens is 223 g/mol. The quantitative estimate of drug-likeness (QED) is 0.668. The molecule has 0 saturated carbocycles. The summed E-state index contributed by atoms with van der Waals surface area (Å²) in [6, 6.07) is -0.254. The molecule has 0 radical (unpaired) electrons. The van der Waals surface area contributed by atoms with Gasteiger partial charge < -0.3 is 4.74 Å². The molecule has 0 aromatic heterocycles. The fraction of sp³-hybridized carbons (Fsp3) is 0.900. The largest absolute Gasteiger partial charge is 0.466 e. The predicted molar refractivity (Wildman–Crippen MR) is 54.0 cm³/mol. The summed E-state index contributed by atoms with van der Waals surface area (Å²) in [5.41, 5.74) is 0. The summed E-state index contributed by atoms with van der Waals surface area (Å²) in [4.78, 5) is 12.2. The molecular formula is C10H18F3NO2. The van der Waals surface area contributed by atoms with E-state index in [9.17, 15) is 18.0 Å². The van der Waals surface area contributed by atoms with Crippen molar-refractivity contribution in [1.82, 2.24) is 4.90 Å². The van der Waals surface area contributed by atoms with E-state index in [0.29, 0.717) is 0 Å². The Bertz CT molecular complexity index is 217. The van der Waals surface area contributed by atoms with E-state index in [1.807, 2.05) is 0 Å². The zero-order valence-corrected chi connectivity index (χ0v) is 9.80. The molecule has 0 heterocycles. The molecule has 0 aliphatic heterocycles. The average Bonchev–Trinajstić information content (AvgIpc) is 2.10. The van der Waals surface area contributed by atoms with Crippen molar-refractivity contribution in [3.05, 3.63) is 0 Å². The van der Waals surface area contributed by atoms with Crippen LogP contribution in [0.2, 0.25) is 0 Å². The van der Waals surface area contributed by atoms with Gasteiger partial charge in [-0.25, -0.2) is 0 Å². The number of rotatable bonds is 6. The van der Waals surface area contributed by atoms with Crippen molar-refractivity contribution in [2.75, 3.05) is 19.7 Å². The number of halogens is 3. The molecule has 96 valence electrons. The van der Waals surface area contributed by atoms with Gasteiger partial charge in [0.05, 0.1) is 19.6 Å². The summed E-state index contributed by atoms with van der Waals surface area (Å²) in [5.74, 6) is -0.463. The minimum absolute atomic E-state index is 0.0118. The van der Waals surface area contributed by atoms with E-state index < -0.39 is 18.7 Å². The molecule has 0 aromatic carbocycles. The van der Waals surface area contributed by atoms with Crippen LogP contribution in [-0.2, 0) is 9.53 Å². The first-order valence-corrected chi connectivity index (χ1v) is 5.22. The molecule has 0 spiro atoms. The van der Waals surface area contributed by atoms with Gasteiger partial charge in [0.1, 0.15) is 0 Å². The third kappa shape index (κ3) is 7.50. The summed E-state index contributed by atoms with van der Waals surface area (Å²) >= 11 is 0. The normalized spacial score (nSPS) is 12.2. The van der Waals surface area contributed by atoms with Gasteiger partial charge >= 0.3 is 12.1 Å². The third-order valence-corrected chi connectivity index (χ3v) is 2.02. The Kier molecular flexibility index (Phi) is 6.40. The van der Waals surface area contributed by atoms with Crippen LogP contribution in [0.3, 0.4) is 0 Å². The van der Waals surface area contributed by atoms with Crippen molar-refractivity contribution in [3.8, 4) is 0 Å². The van der Waals surface area contributed by atoms with E-state index in [4.69, 9.17) is 0 Å². The second-order valence-electron chi connectivity index (χ2n) is 3.73. The first-order chi connectivity index (χ1) is 7.26. The molecule has 0 rings (SSSR count). The van der Waals surface area contributed by atoms with E-state index in [1.165, 1.54) is 4.90 Å². The molecule has 0 aromatic rings. The van der Waals surface area contributed by atoms with E-state index in [0.717, 1.165) is 0 Å². The first kappa shape index (κ1) is 15.2. The van der Waals surface area contributed by atoms with Crippen molar-refractivity contribution in [2.24, 2.45) is 0 Å². The zero-order valence-electron chi connectivity index (χ0n) is 9.80. The predicted octanol–water partition coefficient (Wildman–Crippen LogP) is 2.21. The van der Waals surface area contributed by atoms with Crippen LogP contribution in [0.15, 0.2) is 0 Å². The molecule has 0 unspecified atom stereocenters. The van der Waals surface area contributed by atoms with Crippen LogP contribution >= 0.6 is 0 Å². The fourth-order valence-corrected chi connectivity index (χ4v) is 1.22. The Morgan fingerprint density at radius 1 is 1.38 bits per heavy atom. The highest BCUT2D eigenvalue weighted by Gasteiger charge is 2.31. The third-order valence-electron chi connectivity index (χ3n) is 2.02. The van der Waals surface area contributed by atoms with Gasteiger partial charge in [-0.2, -0.15) is 13.2 Å². The molecule has 0 aliphatic carbocycles. The molecule has 0 aliphatic rings. The summed E-state index contributed by atoms with van der Waals surface area (Å²) in [7, 11) is 0. The lowest BCUT2D eigenvalue weighted by molar-refractivity contribution is -0.154. The van der Waals surface area contributed by atoms with Gasteiger partial charge in [-0.15, -0.1) is 0 Å². The van der Waals surface area contributed by atoms with Gasteiger partial charge in [0.15, 0.2) is 0 Å². The fourth-order valence-electron chi connectivity index (χ4n) is 1.22. The minimum atomic E-state index is -4.24. The van der Waals surface area contributed by atoms with Crippen LogP contribution in [0.4, 0.5) is 13.2 Å². The van der Waals surface area contributed by atoms with Crippen LogP contribution in [0.5, 0.6) is 0 Å². The highest BCUT2D eigenvalue weighted by atomic mass is 19.4. The lowest BCUT2D eigenvalue weighted by Gasteiger charge is -2.26. The molecule has 0 fully saturated rings. The number of ether oxygens (including phenoxy) is 1. The number of hydrogen-bond acceptors (Lipinski definition) is 3. The van der Waals surface area contributed by atoms with Gasteiger partial charge in [0, 0.05) is 12.6 Å². The van der Waals surface area contributed by atoms with Crippen LogP contribution in [0.1, 0.15) is 27.2 Å². The van der Waals surface area contributed by atoms with Gasteiger partial charge in [-0.05, 0) is 20.8 Å². The Morgan fingerprint density at radius 2 is 1.94 bits per heavy atom. The Balaban J connectivity index is 4.10. The van der Waals surface area contributed by atoms with Crippen LogP contribution in [0, 0.1) is 0 Å². The lowest BCUT2D eigenvalue weighted by atomic mass is 10.3. The smallest absolute Gasteiger partial charge is 0.401 e. The standard InChI is InChI=1S/C10H18F3NO2/c1-4-16-9(15)5-6-14(8(2)3)7-10(11,12)13/h8H,4-7H2,1-3H3. The Hall–Kier alpha value is -0.780. The van der Waals surface area contributed by atoms with Gasteiger partial charge in [-0.1, -0.05) is 0 Å². The van der Waals surface area contributed by atoms with E-state index in [2.05, 4.69) is 4.74 Å². The Labute approximate surface area is 93.6 Å². The van der Waals surface area contributed by atoms with E-state index in [-0.39, 0.29) is 25.6 Å². The molecule has 3 nitrogen and oxygen atoms in total. The monoisotopic (exact) mass is 241 g/mol. The number of carbonyl (C=O) groups is 1. The summed E-state index contributed by atoms with van der Waals surface area (Å²) in [6.45, 7) is 4.31. The molecule has 0 amide bonds. The van der Waals surface area contributed by atoms with Crippen molar-refractivity contribution >= 4 is 5.97 Å². The lowest BCUT2D eigenvalue weighted by Crippen LogP contribution is -2.40. The van der Waals surface area contributed by atoms with Crippen molar-refractivity contribution in [3.63, 3.8) is 0 Å². The second kappa shape index (κ2) is 6.73. The van der Waals surface area contributed by atoms with Crippen molar-refractivity contribution < 1.29 is 22.7 Å². The maximum atomic E-state index is 12.2. The first-order valence-electron chi connectivity index (χ1n) is 5.22. The summed E-state index contributed by atoms with van der Waals surface area (Å²) < 4.78 is 41.2. The maximum Gasteiger partial charge on any atom is 0.401 e. The minimum Gasteiger partial charge on any atom is -0.466 e. The highest BCUT2D eigenvalue weighted by Crippen LogP contribution is 2.18. The van der Waals surface area contributed by atoms with E-state index >= 15 is 0 Å². The number of esters is 1.